The highest BCUT2D eigenvalue weighted by atomic mass is 16.5. The molecule has 0 aliphatic carbocycles. The Bertz CT molecular complexity index is 185. The Labute approximate surface area is 86.1 Å². The summed E-state index contributed by atoms with van der Waals surface area (Å²) in [7, 11) is 2.94. The van der Waals surface area contributed by atoms with Crippen LogP contribution in [0.15, 0.2) is 11.8 Å². The summed E-state index contributed by atoms with van der Waals surface area (Å²) in [6.45, 7) is 2.17. The lowest BCUT2D eigenvalue weighted by Gasteiger charge is -2.05. The van der Waals surface area contributed by atoms with Crippen LogP contribution in [0.1, 0.15) is 39.0 Å². The largest absolute Gasteiger partial charge is 0.501 e. The van der Waals surface area contributed by atoms with Crippen LogP contribution >= 0.6 is 0 Å². The number of rotatable bonds is 7. The molecule has 0 fully saturated rings. The van der Waals surface area contributed by atoms with Crippen LogP contribution in [0.3, 0.4) is 0 Å². The number of hydrogen-bond donors (Lipinski definition) is 0. The molecule has 3 heteroatoms. The lowest BCUT2D eigenvalue weighted by atomic mass is 10.1. The van der Waals surface area contributed by atoms with Gasteiger partial charge in [0.05, 0.1) is 20.3 Å². The summed E-state index contributed by atoms with van der Waals surface area (Å²) in [5.41, 5.74) is 0. The minimum Gasteiger partial charge on any atom is -0.501 e. The molecule has 0 bridgehead atoms. The van der Waals surface area contributed by atoms with Crippen LogP contribution in [0.2, 0.25) is 0 Å². The van der Waals surface area contributed by atoms with Crippen molar-refractivity contribution in [3.05, 3.63) is 11.8 Å². The molecule has 0 aromatic rings. The fraction of sp³-hybridized carbons (Fsp3) is 0.727. The van der Waals surface area contributed by atoms with Gasteiger partial charge >= 0.3 is 5.97 Å². The fourth-order valence-corrected chi connectivity index (χ4v) is 1.15. The molecule has 0 spiro atoms. The molecule has 0 aliphatic heterocycles. The Morgan fingerprint density at radius 2 is 1.86 bits per heavy atom. The number of allylic oxidation sites excluding steroid dienone is 1. The monoisotopic (exact) mass is 200 g/mol. The van der Waals surface area contributed by atoms with E-state index in [9.17, 15) is 4.79 Å². The van der Waals surface area contributed by atoms with Gasteiger partial charge in [0.2, 0.25) is 0 Å². The zero-order valence-electron chi connectivity index (χ0n) is 9.34. The Morgan fingerprint density at radius 3 is 2.36 bits per heavy atom. The number of ether oxygens (including phenoxy) is 2. The molecule has 0 unspecified atom stereocenters. The van der Waals surface area contributed by atoms with E-state index in [2.05, 4.69) is 11.7 Å². The molecule has 0 aromatic heterocycles. The number of carbonyl (C=O) groups is 1. The van der Waals surface area contributed by atoms with E-state index >= 15 is 0 Å². The molecule has 0 saturated heterocycles. The predicted molar refractivity (Wildman–Crippen MR) is 55.9 cm³/mol. The van der Waals surface area contributed by atoms with Gasteiger partial charge in [-0.25, -0.2) is 4.79 Å². The average Bonchev–Trinajstić information content (AvgIpc) is 2.22. The lowest BCUT2D eigenvalue weighted by Crippen LogP contribution is -1.98. The summed E-state index contributed by atoms with van der Waals surface area (Å²) in [5, 5.41) is 0. The molecule has 0 N–H and O–H groups in total. The highest BCUT2D eigenvalue weighted by molar-refractivity contribution is 5.82. The number of esters is 1. The standard InChI is InChI=1S/C11H20O3/c1-4-5-6-7-8-10(13-2)9-11(12)14-3/h9H,4-8H2,1-3H3/b10-9-. The highest BCUT2D eigenvalue weighted by Gasteiger charge is 2.01. The minimum absolute atomic E-state index is 0.350. The normalized spacial score (nSPS) is 11.2. The molecule has 0 saturated carbocycles. The lowest BCUT2D eigenvalue weighted by molar-refractivity contribution is -0.135. The molecular weight excluding hydrogens is 180 g/mol. The first kappa shape index (κ1) is 13.0. The van der Waals surface area contributed by atoms with Gasteiger partial charge in [-0.15, -0.1) is 0 Å². The number of methoxy groups -OCH3 is 2. The van der Waals surface area contributed by atoms with E-state index in [-0.39, 0.29) is 5.97 Å². The molecule has 0 heterocycles. The second-order valence-corrected chi connectivity index (χ2v) is 3.15. The van der Waals surface area contributed by atoms with Gasteiger partial charge in [-0.05, 0) is 6.42 Å². The molecule has 3 nitrogen and oxygen atoms in total. The van der Waals surface area contributed by atoms with Gasteiger partial charge in [0.1, 0.15) is 5.76 Å². The van der Waals surface area contributed by atoms with Crippen molar-refractivity contribution in [3.8, 4) is 0 Å². The molecular formula is C11H20O3. The summed E-state index contributed by atoms with van der Waals surface area (Å²) in [6.07, 6.45) is 6.90. The summed E-state index contributed by atoms with van der Waals surface area (Å²) in [6, 6.07) is 0. The molecule has 0 rings (SSSR count). The van der Waals surface area contributed by atoms with E-state index in [0.717, 1.165) is 12.8 Å². The zero-order chi connectivity index (χ0) is 10.8. The second-order valence-electron chi connectivity index (χ2n) is 3.15. The summed E-state index contributed by atoms with van der Waals surface area (Å²) in [4.78, 5) is 10.9. The van der Waals surface area contributed by atoms with Crippen LogP contribution in [0.25, 0.3) is 0 Å². The van der Waals surface area contributed by atoms with Gasteiger partial charge in [-0.2, -0.15) is 0 Å². The average molecular weight is 200 g/mol. The third-order valence-corrected chi connectivity index (χ3v) is 2.02. The van der Waals surface area contributed by atoms with Crippen molar-refractivity contribution < 1.29 is 14.3 Å². The molecule has 0 aliphatic rings. The summed E-state index contributed by atoms with van der Waals surface area (Å²) in [5.74, 6) is 0.352. The van der Waals surface area contributed by atoms with Crippen molar-refractivity contribution in [2.75, 3.05) is 14.2 Å². The molecule has 14 heavy (non-hydrogen) atoms. The first-order chi connectivity index (χ1) is 6.74. The van der Waals surface area contributed by atoms with Gasteiger partial charge in [0, 0.05) is 6.42 Å². The Kier molecular flexibility index (Phi) is 7.99. The van der Waals surface area contributed by atoms with Crippen molar-refractivity contribution in [3.63, 3.8) is 0 Å². The van der Waals surface area contributed by atoms with Crippen LogP contribution in [-0.2, 0) is 14.3 Å². The van der Waals surface area contributed by atoms with Crippen molar-refractivity contribution >= 4 is 5.97 Å². The second kappa shape index (κ2) is 8.60. The van der Waals surface area contributed by atoms with E-state index in [4.69, 9.17) is 4.74 Å². The minimum atomic E-state index is -0.350. The van der Waals surface area contributed by atoms with E-state index in [1.54, 1.807) is 7.11 Å². The molecule has 0 aromatic carbocycles. The Morgan fingerprint density at radius 1 is 1.14 bits per heavy atom. The van der Waals surface area contributed by atoms with Crippen molar-refractivity contribution in [2.24, 2.45) is 0 Å². The van der Waals surface area contributed by atoms with E-state index < -0.39 is 0 Å². The zero-order valence-corrected chi connectivity index (χ0v) is 9.34. The van der Waals surface area contributed by atoms with Gasteiger partial charge in [0.25, 0.3) is 0 Å². The van der Waals surface area contributed by atoms with Gasteiger partial charge < -0.3 is 9.47 Å². The highest BCUT2D eigenvalue weighted by Crippen LogP contribution is 2.10. The quantitative estimate of drug-likeness (QED) is 0.274. The Hall–Kier alpha value is -0.990. The first-order valence-corrected chi connectivity index (χ1v) is 5.07. The smallest absolute Gasteiger partial charge is 0.333 e. The van der Waals surface area contributed by atoms with E-state index in [1.807, 2.05) is 0 Å². The SMILES string of the molecule is CCCCCC/C(=C/C(=O)OC)OC. The fourth-order valence-electron chi connectivity index (χ4n) is 1.15. The van der Waals surface area contributed by atoms with Crippen molar-refractivity contribution in [1.29, 1.82) is 0 Å². The van der Waals surface area contributed by atoms with Crippen molar-refractivity contribution in [2.45, 2.75) is 39.0 Å². The van der Waals surface area contributed by atoms with Crippen LogP contribution in [0.4, 0.5) is 0 Å². The maximum atomic E-state index is 10.9. The van der Waals surface area contributed by atoms with Gasteiger partial charge in [-0.3, -0.25) is 0 Å². The summed E-state index contributed by atoms with van der Waals surface area (Å²) < 4.78 is 9.58. The predicted octanol–water partition coefficient (Wildman–Crippen LogP) is 2.66. The van der Waals surface area contributed by atoms with Crippen LogP contribution in [0.5, 0.6) is 0 Å². The molecule has 0 amide bonds. The van der Waals surface area contributed by atoms with Gasteiger partial charge in [0.15, 0.2) is 0 Å². The topological polar surface area (TPSA) is 35.5 Å². The van der Waals surface area contributed by atoms with Gasteiger partial charge in [-0.1, -0.05) is 26.2 Å². The van der Waals surface area contributed by atoms with Crippen LogP contribution in [0, 0.1) is 0 Å². The number of carbonyl (C=O) groups excluding carboxylic acids is 1. The Balaban J connectivity index is 3.78. The maximum Gasteiger partial charge on any atom is 0.333 e. The molecule has 0 radical (unpaired) electrons. The third-order valence-electron chi connectivity index (χ3n) is 2.02. The summed E-state index contributed by atoms with van der Waals surface area (Å²) >= 11 is 0. The molecule has 82 valence electrons. The molecule has 0 atom stereocenters. The van der Waals surface area contributed by atoms with Crippen LogP contribution < -0.4 is 0 Å². The van der Waals surface area contributed by atoms with E-state index in [0.29, 0.717) is 5.76 Å². The third kappa shape index (κ3) is 6.52. The maximum absolute atomic E-state index is 10.9. The van der Waals surface area contributed by atoms with Crippen LogP contribution in [-0.4, -0.2) is 20.2 Å². The number of hydrogen-bond acceptors (Lipinski definition) is 3. The van der Waals surface area contributed by atoms with Crippen molar-refractivity contribution in [1.82, 2.24) is 0 Å². The number of unbranched alkanes of at least 4 members (excludes halogenated alkanes) is 3. The first-order valence-electron chi connectivity index (χ1n) is 5.07. The van der Waals surface area contributed by atoms with E-state index in [1.165, 1.54) is 32.4 Å².